The highest BCUT2D eigenvalue weighted by Gasteiger charge is 2.31. The predicted molar refractivity (Wildman–Crippen MR) is 111 cm³/mol. The number of nitrogens with zero attached hydrogens (tertiary/aromatic N) is 3. The van der Waals surface area contributed by atoms with E-state index in [-0.39, 0.29) is 23.2 Å². The molecule has 0 unspecified atom stereocenters. The second-order valence-electron chi connectivity index (χ2n) is 7.09. The topological polar surface area (TPSA) is 88.5 Å². The van der Waals surface area contributed by atoms with Crippen LogP contribution in [-0.2, 0) is 21.4 Å². The van der Waals surface area contributed by atoms with Gasteiger partial charge in [0, 0.05) is 31.3 Å². The van der Waals surface area contributed by atoms with Crippen molar-refractivity contribution in [2.24, 2.45) is 4.40 Å². The lowest BCUT2D eigenvalue weighted by Crippen LogP contribution is -2.40. The van der Waals surface area contributed by atoms with Gasteiger partial charge in [-0.1, -0.05) is 24.3 Å². The molecule has 2 aromatic rings. The number of carbonyl (C=O) groups excluding carboxylic acids is 1. The zero-order chi connectivity index (χ0) is 21.3. The minimum Gasteiger partial charge on any atom is -0.486 e. The Bertz CT molecular complexity index is 1110. The van der Waals surface area contributed by atoms with E-state index in [0.29, 0.717) is 43.4 Å². The summed E-state index contributed by atoms with van der Waals surface area (Å²) in [5.74, 6) is 1.49. The first-order valence-electron chi connectivity index (χ1n) is 9.71. The Labute approximate surface area is 175 Å². The van der Waals surface area contributed by atoms with Gasteiger partial charge in [0.15, 0.2) is 17.3 Å². The molecule has 0 aliphatic carbocycles. The molecule has 1 amide bonds. The molecule has 8 nitrogen and oxygen atoms in total. The molecule has 2 aliphatic rings. The summed E-state index contributed by atoms with van der Waals surface area (Å²) in [5, 5.41) is 0. The largest absolute Gasteiger partial charge is 0.486 e. The van der Waals surface area contributed by atoms with Crippen molar-refractivity contribution in [1.82, 2.24) is 9.80 Å². The van der Waals surface area contributed by atoms with E-state index in [0.717, 1.165) is 5.56 Å². The zero-order valence-corrected chi connectivity index (χ0v) is 17.7. The molecule has 0 N–H and O–H groups in total. The summed E-state index contributed by atoms with van der Waals surface area (Å²) >= 11 is 0. The van der Waals surface area contributed by atoms with E-state index >= 15 is 0 Å². The van der Waals surface area contributed by atoms with Crippen LogP contribution < -0.4 is 9.47 Å². The molecule has 0 bridgehead atoms. The number of amidine groups is 1. The van der Waals surface area contributed by atoms with Gasteiger partial charge in [-0.15, -0.1) is 4.40 Å². The molecule has 0 fully saturated rings. The maximum absolute atomic E-state index is 13.0. The summed E-state index contributed by atoms with van der Waals surface area (Å²) < 4.78 is 39.8. The number of hydrogen-bond acceptors (Lipinski definition) is 6. The fraction of sp³-hybridized carbons (Fsp3) is 0.333. The van der Waals surface area contributed by atoms with E-state index in [2.05, 4.69) is 4.40 Å². The molecular formula is C21H23N3O5S. The minimum absolute atomic E-state index is 0.00289. The fourth-order valence-corrected chi connectivity index (χ4v) is 4.83. The lowest BCUT2D eigenvalue weighted by atomic mass is 10.1. The van der Waals surface area contributed by atoms with Crippen molar-refractivity contribution in [3.8, 4) is 11.5 Å². The summed E-state index contributed by atoms with van der Waals surface area (Å²) in [7, 11) is -2.06. The molecule has 0 radical (unpaired) electrons. The molecule has 30 heavy (non-hydrogen) atoms. The van der Waals surface area contributed by atoms with Crippen molar-refractivity contribution >= 4 is 21.8 Å². The average molecular weight is 429 g/mol. The van der Waals surface area contributed by atoms with Gasteiger partial charge in [0.25, 0.3) is 10.0 Å². The summed E-state index contributed by atoms with van der Waals surface area (Å²) in [6.45, 7) is 3.75. The monoisotopic (exact) mass is 429 g/mol. The quantitative estimate of drug-likeness (QED) is 0.721. The van der Waals surface area contributed by atoms with Crippen molar-refractivity contribution in [3.63, 3.8) is 0 Å². The summed E-state index contributed by atoms with van der Waals surface area (Å²) in [6, 6.07) is 12.3. The number of sulfonamides is 1. The van der Waals surface area contributed by atoms with Gasteiger partial charge in [0.1, 0.15) is 18.1 Å². The second-order valence-corrected chi connectivity index (χ2v) is 8.66. The number of ether oxygens (including phenoxy) is 2. The van der Waals surface area contributed by atoms with E-state index in [9.17, 15) is 13.2 Å². The van der Waals surface area contributed by atoms with Gasteiger partial charge in [-0.05, 0) is 25.1 Å². The van der Waals surface area contributed by atoms with Gasteiger partial charge in [-0.2, -0.15) is 8.42 Å². The number of hydrogen-bond donors (Lipinski definition) is 0. The molecule has 2 aromatic carbocycles. The van der Waals surface area contributed by atoms with Crippen LogP contribution in [0.3, 0.4) is 0 Å². The Balaban J connectivity index is 1.51. The van der Waals surface area contributed by atoms with E-state index < -0.39 is 10.0 Å². The van der Waals surface area contributed by atoms with Crippen LogP contribution >= 0.6 is 0 Å². The Morgan fingerprint density at radius 3 is 2.67 bits per heavy atom. The van der Waals surface area contributed by atoms with Crippen molar-refractivity contribution < 1.29 is 22.7 Å². The maximum Gasteiger partial charge on any atom is 0.285 e. The molecular weight excluding hydrogens is 406 g/mol. The maximum atomic E-state index is 13.0. The third kappa shape index (κ3) is 3.72. The number of likely N-dealkylation sites (N-methyl/N-ethyl adjacent to an activating group) is 2. The average Bonchev–Trinajstić information content (AvgIpc) is 3.03. The standard InChI is InChI=1S/C21H23N3O5S/c1-3-24(13-15-7-6-9-17-20(15)29-12-11-28-17)19(25)14-23(2)21-16-8-4-5-10-18(16)30(26,27)22-21/h4-10H,3,11-14H2,1-2H3. The summed E-state index contributed by atoms with van der Waals surface area (Å²) in [6.07, 6.45) is 0. The van der Waals surface area contributed by atoms with Crippen molar-refractivity contribution in [2.45, 2.75) is 18.4 Å². The Morgan fingerprint density at radius 2 is 1.87 bits per heavy atom. The normalized spacial score (nSPS) is 15.9. The lowest BCUT2D eigenvalue weighted by Gasteiger charge is -2.27. The third-order valence-electron chi connectivity index (χ3n) is 5.09. The number of fused-ring (bicyclic) bond motifs is 2. The highest BCUT2D eigenvalue weighted by Crippen LogP contribution is 2.34. The highest BCUT2D eigenvalue weighted by atomic mass is 32.2. The van der Waals surface area contributed by atoms with Crippen molar-refractivity contribution in [2.75, 3.05) is 33.4 Å². The van der Waals surface area contributed by atoms with Crippen LogP contribution in [0.4, 0.5) is 0 Å². The SMILES string of the molecule is CCN(Cc1cccc2c1OCCO2)C(=O)CN(C)C1=NS(=O)(=O)c2ccccc21. The van der Waals surface area contributed by atoms with Gasteiger partial charge in [-0.25, -0.2) is 0 Å². The molecule has 4 rings (SSSR count). The Kier molecular flexibility index (Phi) is 5.38. The van der Waals surface area contributed by atoms with Crippen LogP contribution in [0.25, 0.3) is 0 Å². The van der Waals surface area contributed by atoms with Gasteiger partial charge >= 0.3 is 0 Å². The Hall–Kier alpha value is -3.07. The van der Waals surface area contributed by atoms with Crippen LogP contribution in [0, 0.1) is 0 Å². The van der Waals surface area contributed by atoms with E-state index in [1.54, 1.807) is 35.0 Å². The van der Waals surface area contributed by atoms with E-state index in [4.69, 9.17) is 9.47 Å². The lowest BCUT2D eigenvalue weighted by molar-refractivity contribution is -0.131. The number of benzene rings is 2. The predicted octanol–water partition coefficient (Wildman–Crippen LogP) is 1.89. The number of para-hydroxylation sites is 1. The summed E-state index contributed by atoms with van der Waals surface area (Å²) in [5.41, 5.74) is 1.38. The van der Waals surface area contributed by atoms with Gasteiger partial charge in [0.05, 0.1) is 6.54 Å². The van der Waals surface area contributed by atoms with E-state index in [1.807, 2.05) is 25.1 Å². The smallest absolute Gasteiger partial charge is 0.285 e. The van der Waals surface area contributed by atoms with Crippen LogP contribution in [0.1, 0.15) is 18.1 Å². The highest BCUT2D eigenvalue weighted by molar-refractivity contribution is 7.90. The zero-order valence-electron chi connectivity index (χ0n) is 16.9. The van der Waals surface area contributed by atoms with Crippen LogP contribution in [0.5, 0.6) is 11.5 Å². The molecule has 9 heteroatoms. The molecule has 0 spiro atoms. The van der Waals surface area contributed by atoms with Crippen molar-refractivity contribution in [1.29, 1.82) is 0 Å². The van der Waals surface area contributed by atoms with Crippen molar-refractivity contribution in [3.05, 3.63) is 53.6 Å². The molecule has 2 aliphatic heterocycles. The molecule has 0 saturated heterocycles. The first kappa shape index (κ1) is 20.2. The summed E-state index contributed by atoms with van der Waals surface area (Å²) in [4.78, 5) is 16.4. The van der Waals surface area contributed by atoms with Gasteiger partial charge in [-0.3, -0.25) is 4.79 Å². The van der Waals surface area contributed by atoms with Crippen LogP contribution in [-0.4, -0.2) is 63.3 Å². The minimum atomic E-state index is -3.73. The van der Waals surface area contributed by atoms with Gasteiger partial charge in [0.2, 0.25) is 5.91 Å². The second kappa shape index (κ2) is 7.98. The first-order chi connectivity index (χ1) is 14.4. The molecule has 0 atom stereocenters. The Morgan fingerprint density at radius 1 is 1.10 bits per heavy atom. The molecule has 0 saturated carbocycles. The number of rotatable bonds is 5. The van der Waals surface area contributed by atoms with Crippen LogP contribution in [0.15, 0.2) is 51.8 Å². The fourth-order valence-electron chi connectivity index (χ4n) is 3.58. The van der Waals surface area contributed by atoms with Crippen LogP contribution in [0.2, 0.25) is 0 Å². The third-order valence-corrected chi connectivity index (χ3v) is 6.42. The number of amides is 1. The van der Waals surface area contributed by atoms with Gasteiger partial charge < -0.3 is 19.3 Å². The van der Waals surface area contributed by atoms with E-state index in [1.165, 1.54) is 6.07 Å². The first-order valence-corrected chi connectivity index (χ1v) is 11.2. The molecule has 0 aromatic heterocycles. The number of carbonyl (C=O) groups is 1. The molecule has 158 valence electrons. The molecule has 2 heterocycles.